The van der Waals surface area contributed by atoms with E-state index in [2.05, 4.69) is 16.3 Å². The van der Waals surface area contributed by atoms with Gasteiger partial charge in [0, 0.05) is 26.6 Å². The Morgan fingerprint density at radius 2 is 2.00 bits per heavy atom. The number of hydrogen-bond acceptors (Lipinski definition) is 4. The van der Waals surface area contributed by atoms with Crippen LogP contribution in [-0.4, -0.2) is 60.2 Å². The molecular formula is C22H32N4O3. The molecule has 3 amide bonds. The van der Waals surface area contributed by atoms with Crippen molar-refractivity contribution in [3.63, 3.8) is 0 Å². The fraction of sp³-hybridized carbons (Fsp3) is 0.591. The van der Waals surface area contributed by atoms with Crippen LogP contribution in [0.1, 0.15) is 49.8 Å². The van der Waals surface area contributed by atoms with Gasteiger partial charge in [-0.3, -0.25) is 14.4 Å². The minimum atomic E-state index is -0.217. The number of nitrogens with one attached hydrogen (secondary N) is 1. The van der Waals surface area contributed by atoms with E-state index in [1.54, 1.807) is 11.8 Å². The molecule has 1 saturated heterocycles. The lowest BCUT2D eigenvalue weighted by Gasteiger charge is -2.36. The second-order valence-corrected chi connectivity index (χ2v) is 8.13. The lowest BCUT2D eigenvalue weighted by Crippen LogP contribution is -2.42. The topological polar surface area (TPSA) is 95.7 Å². The second kappa shape index (κ2) is 9.87. The average Bonchev–Trinajstić information content (AvgIpc) is 2.71. The van der Waals surface area contributed by atoms with E-state index in [-0.39, 0.29) is 36.1 Å². The molecule has 1 fully saturated rings. The van der Waals surface area contributed by atoms with E-state index in [9.17, 15) is 14.4 Å². The highest BCUT2D eigenvalue weighted by molar-refractivity contribution is 5.79. The lowest BCUT2D eigenvalue weighted by molar-refractivity contribution is -0.133. The number of hydrogen-bond donors (Lipinski definition) is 2. The zero-order valence-corrected chi connectivity index (χ0v) is 17.2. The highest BCUT2D eigenvalue weighted by Gasteiger charge is 2.30. The molecule has 3 N–H and O–H groups in total. The molecule has 0 aliphatic carbocycles. The Morgan fingerprint density at radius 1 is 1.21 bits per heavy atom. The van der Waals surface area contributed by atoms with Crippen LogP contribution in [0.3, 0.4) is 0 Å². The molecule has 2 unspecified atom stereocenters. The van der Waals surface area contributed by atoms with E-state index in [4.69, 9.17) is 5.73 Å². The third-order valence-corrected chi connectivity index (χ3v) is 6.08. The van der Waals surface area contributed by atoms with Crippen molar-refractivity contribution in [1.82, 2.24) is 15.1 Å². The summed E-state index contributed by atoms with van der Waals surface area (Å²) in [6.07, 6.45) is 3.80. The summed E-state index contributed by atoms with van der Waals surface area (Å²) in [6, 6.07) is 7.87. The molecule has 1 aromatic rings. The molecule has 0 spiro atoms. The van der Waals surface area contributed by atoms with Crippen molar-refractivity contribution in [2.45, 2.75) is 45.1 Å². The summed E-state index contributed by atoms with van der Waals surface area (Å²) in [5, 5.41) is 3.00. The van der Waals surface area contributed by atoms with Crippen molar-refractivity contribution in [3.8, 4) is 0 Å². The summed E-state index contributed by atoms with van der Waals surface area (Å²) < 4.78 is 0. The van der Waals surface area contributed by atoms with Gasteiger partial charge in [0.05, 0.1) is 18.4 Å². The van der Waals surface area contributed by atoms with Crippen LogP contribution in [0.5, 0.6) is 0 Å². The van der Waals surface area contributed by atoms with Crippen molar-refractivity contribution in [2.24, 2.45) is 11.7 Å². The van der Waals surface area contributed by atoms with Crippen LogP contribution in [-0.2, 0) is 20.8 Å². The summed E-state index contributed by atoms with van der Waals surface area (Å²) in [6.45, 7) is 5.35. The Morgan fingerprint density at radius 3 is 2.76 bits per heavy atom. The summed E-state index contributed by atoms with van der Waals surface area (Å²) in [5.74, 6) is -0.300. The molecule has 0 saturated carbocycles. The first-order valence-corrected chi connectivity index (χ1v) is 10.6. The number of piperidine rings is 1. The predicted octanol–water partition coefficient (Wildman–Crippen LogP) is 1.23. The number of benzene rings is 1. The smallest absolute Gasteiger partial charge is 0.222 e. The number of amides is 3. The van der Waals surface area contributed by atoms with Crippen LogP contribution in [0, 0.1) is 5.92 Å². The third-order valence-electron chi connectivity index (χ3n) is 6.08. The number of primary amides is 1. The molecule has 29 heavy (non-hydrogen) atoms. The minimum Gasteiger partial charge on any atom is -0.369 e. The van der Waals surface area contributed by atoms with Crippen molar-refractivity contribution in [3.05, 3.63) is 35.4 Å². The maximum Gasteiger partial charge on any atom is 0.222 e. The zero-order valence-electron chi connectivity index (χ0n) is 17.2. The summed E-state index contributed by atoms with van der Waals surface area (Å²) in [4.78, 5) is 40.1. The summed E-state index contributed by atoms with van der Waals surface area (Å²) in [5.41, 5.74) is 7.73. The Hall–Kier alpha value is -2.41. The maximum atomic E-state index is 12.6. The zero-order chi connectivity index (χ0) is 20.8. The SMILES string of the molecule is CC(=O)N1CCc2ccccc2C1CC(=O)NCCCN1CCCC(C(N)=O)C1. The van der Waals surface area contributed by atoms with E-state index >= 15 is 0 Å². The van der Waals surface area contributed by atoms with Gasteiger partial charge in [0.1, 0.15) is 0 Å². The van der Waals surface area contributed by atoms with Crippen molar-refractivity contribution in [1.29, 1.82) is 0 Å². The van der Waals surface area contributed by atoms with Crippen LogP contribution in [0.4, 0.5) is 0 Å². The van der Waals surface area contributed by atoms with Gasteiger partial charge >= 0.3 is 0 Å². The number of nitrogens with zero attached hydrogens (tertiary/aromatic N) is 2. The molecule has 7 nitrogen and oxygen atoms in total. The van der Waals surface area contributed by atoms with Crippen molar-refractivity contribution in [2.75, 3.05) is 32.7 Å². The lowest BCUT2D eigenvalue weighted by atomic mass is 9.90. The highest BCUT2D eigenvalue weighted by Crippen LogP contribution is 2.32. The van der Waals surface area contributed by atoms with Crippen LogP contribution in [0.15, 0.2) is 24.3 Å². The number of carbonyl (C=O) groups excluding carboxylic acids is 3. The van der Waals surface area contributed by atoms with Gasteiger partial charge in [0.2, 0.25) is 17.7 Å². The standard InChI is InChI=1S/C22H32N4O3/c1-16(27)26-13-9-17-6-2-3-8-19(17)20(26)14-21(28)24-10-5-12-25-11-4-7-18(15-25)22(23)29/h2-3,6,8,18,20H,4-5,7,9-15H2,1H3,(H2,23,29)(H,24,28). The third kappa shape index (κ3) is 5.56. The van der Waals surface area contributed by atoms with Gasteiger partial charge in [-0.15, -0.1) is 0 Å². The van der Waals surface area contributed by atoms with Gasteiger partial charge in [-0.25, -0.2) is 0 Å². The molecule has 0 bridgehead atoms. The summed E-state index contributed by atoms with van der Waals surface area (Å²) in [7, 11) is 0. The van der Waals surface area contributed by atoms with E-state index in [1.165, 1.54) is 5.56 Å². The Balaban J connectivity index is 1.47. The largest absolute Gasteiger partial charge is 0.369 e. The molecule has 2 aliphatic heterocycles. The van der Waals surface area contributed by atoms with Gasteiger partial charge in [-0.05, 0) is 49.9 Å². The number of carbonyl (C=O) groups is 3. The molecule has 158 valence electrons. The average molecular weight is 401 g/mol. The van der Waals surface area contributed by atoms with Crippen LogP contribution < -0.4 is 11.1 Å². The maximum absolute atomic E-state index is 12.6. The van der Waals surface area contributed by atoms with Crippen molar-refractivity contribution >= 4 is 17.7 Å². The van der Waals surface area contributed by atoms with E-state index in [0.717, 1.165) is 50.9 Å². The van der Waals surface area contributed by atoms with Gasteiger partial charge in [0.25, 0.3) is 0 Å². The monoisotopic (exact) mass is 400 g/mol. The molecule has 0 radical (unpaired) electrons. The first-order valence-electron chi connectivity index (χ1n) is 10.6. The number of nitrogens with two attached hydrogens (primary N) is 1. The second-order valence-electron chi connectivity index (χ2n) is 8.13. The minimum absolute atomic E-state index is 0.00593. The fourth-order valence-corrected chi connectivity index (χ4v) is 4.52. The van der Waals surface area contributed by atoms with Gasteiger partial charge in [-0.1, -0.05) is 24.3 Å². The van der Waals surface area contributed by atoms with E-state index in [0.29, 0.717) is 13.1 Å². The quantitative estimate of drug-likeness (QED) is 0.673. The molecule has 2 atom stereocenters. The van der Waals surface area contributed by atoms with Gasteiger partial charge in [-0.2, -0.15) is 0 Å². The normalized spacial score (nSPS) is 22.0. The predicted molar refractivity (Wildman–Crippen MR) is 111 cm³/mol. The molecule has 2 heterocycles. The number of rotatable bonds is 7. The van der Waals surface area contributed by atoms with Gasteiger partial charge < -0.3 is 20.9 Å². The number of fused-ring (bicyclic) bond motifs is 1. The van der Waals surface area contributed by atoms with Crippen LogP contribution in [0.25, 0.3) is 0 Å². The molecule has 7 heteroatoms. The number of likely N-dealkylation sites (tertiary alicyclic amines) is 1. The fourth-order valence-electron chi connectivity index (χ4n) is 4.52. The van der Waals surface area contributed by atoms with Crippen molar-refractivity contribution < 1.29 is 14.4 Å². The van der Waals surface area contributed by atoms with Gasteiger partial charge in [0.15, 0.2) is 0 Å². The Kier molecular flexibility index (Phi) is 7.25. The molecule has 3 rings (SSSR count). The first-order chi connectivity index (χ1) is 14.0. The van der Waals surface area contributed by atoms with Crippen LogP contribution >= 0.6 is 0 Å². The Labute approximate surface area is 172 Å². The van der Waals surface area contributed by atoms with E-state index < -0.39 is 0 Å². The van der Waals surface area contributed by atoms with E-state index in [1.807, 2.05) is 18.2 Å². The molecular weight excluding hydrogens is 368 g/mol. The first kappa shape index (κ1) is 21.3. The molecule has 2 aliphatic rings. The molecule has 1 aromatic carbocycles. The summed E-state index contributed by atoms with van der Waals surface area (Å²) >= 11 is 0. The Bertz CT molecular complexity index is 751. The highest BCUT2D eigenvalue weighted by atomic mass is 16.2. The molecule has 0 aromatic heterocycles. The van der Waals surface area contributed by atoms with Crippen LogP contribution in [0.2, 0.25) is 0 Å².